The number of hydrogen-bond acceptors (Lipinski definition) is 4. The SMILES string of the molecule is CC(C)(C)OC(=O)N1CCN2c3cc(C=Cc4cccc(F)c4)ccc3NC(=O)CC2C1. The van der Waals surface area contributed by atoms with E-state index in [1.54, 1.807) is 11.0 Å². The lowest BCUT2D eigenvalue weighted by atomic mass is 10.1. The molecule has 0 radical (unpaired) electrons. The molecule has 6 nitrogen and oxygen atoms in total. The third-order valence-electron chi connectivity index (χ3n) is 5.48. The van der Waals surface area contributed by atoms with Gasteiger partial charge in [0.05, 0.1) is 17.4 Å². The van der Waals surface area contributed by atoms with E-state index in [4.69, 9.17) is 4.74 Å². The molecule has 2 aliphatic heterocycles. The van der Waals surface area contributed by atoms with Gasteiger partial charge in [-0.15, -0.1) is 0 Å². The summed E-state index contributed by atoms with van der Waals surface area (Å²) < 4.78 is 19.0. The second-order valence-electron chi connectivity index (χ2n) is 9.19. The Bertz CT molecular complexity index is 1060. The fourth-order valence-electron chi connectivity index (χ4n) is 4.05. The Balaban J connectivity index is 1.56. The van der Waals surface area contributed by atoms with Crippen molar-refractivity contribution in [3.05, 3.63) is 59.4 Å². The van der Waals surface area contributed by atoms with Gasteiger partial charge in [-0.1, -0.05) is 30.4 Å². The number of amides is 2. The first-order valence-corrected chi connectivity index (χ1v) is 10.8. The van der Waals surface area contributed by atoms with Crippen molar-refractivity contribution in [3.8, 4) is 0 Å². The number of ether oxygens (including phenoxy) is 1. The molecule has 0 aromatic heterocycles. The van der Waals surface area contributed by atoms with Gasteiger partial charge < -0.3 is 19.9 Å². The van der Waals surface area contributed by atoms with E-state index in [-0.39, 0.29) is 23.9 Å². The summed E-state index contributed by atoms with van der Waals surface area (Å²) in [6.07, 6.45) is 3.72. The van der Waals surface area contributed by atoms with Crippen molar-refractivity contribution in [1.82, 2.24) is 4.90 Å². The van der Waals surface area contributed by atoms with E-state index in [1.165, 1.54) is 12.1 Å². The van der Waals surface area contributed by atoms with Crippen LogP contribution in [-0.2, 0) is 9.53 Å². The summed E-state index contributed by atoms with van der Waals surface area (Å²) >= 11 is 0. The van der Waals surface area contributed by atoms with Gasteiger partial charge in [-0.25, -0.2) is 9.18 Å². The lowest BCUT2D eigenvalue weighted by Gasteiger charge is -2.42. The second kappa shape index (κ2) is 8.65. The molecule has 2 aromatic rings. The Morgan fingerprint density at radius 2 is 1.88 bits per heavy atom. The molecule has 0 saturated carbocycles. The molecule has 7 heteroatoms. The van der Waals surface area contributed by atoms with Crippen LogP contribution in [0.2, 0.25) is 0 Å². The van der Waals surface area contributed by atoms with Crippen LogP contribution in [0.15, 0.2) is 42.5 Å². The topological polar surface area (TPSA) is 61.9 Å². The van der Waals surface area contributed by atoms with Crippen molar-refractivity contribution in [1.29, 1.82) is 0 Å². The van der Waals surface area contributed by atoms with Gasteiger partial charge in [0.25, 0.3) is 0 Å². The van der Waals surface area contributed by atoms with Gasteiger partial charge in [-0.05, 0) is 56.2 Å². The van der Waals surface area contributed by atoms with Crippen molar-refractivity contribution in [2.45, 2.75) is 38.8 Å². The van der Waals surface area contributed by atoms with E-state index in [0.29, 0.717) is 26.1 Å². The number of halogens is 1. The van der Waals surface area contributed by atoms with Crippen LogP contribution >= 0.6 is 0 Å². The standard InChI is InChI=1S/C25H28FN3O3/c1-25(2,3)32-24(31)28-11-12-29-20(16-28)15-23(30)27-21-10-9-18(14-22(21)29)8-7-17-5-4-6-19(26)13-17/h4-10,13-14,20H,11-12,15-16H2,1-3H3,(H,27,30). The third-order valence-corrected chi connectivity index (χ3v) is 5.48. The molecular formula is C25H28FN3O3. The number of rotatable bonds is 2. The van der Waals surface area contributed by atoms with Crippen LogP contribution in [0.4, 0.5) is 20.6 Å². The average molecular weight is 438 g/mol. The number of piperazine rings is 1. The molecule has 4 rings (SSSR count). The number of nitrogens with one attached hydrogen (secondary N) is 1. The highest BCUT2D eigenvalue weighted by Gasteiger charge is 2.36. The highest BCUT2D eigenvalue weighted by molar-refractivity contribution is 5.97. The number of nitrogens with zero attached hydrogens (tertiary/aromatic N) is 2. The summed E-state index contributed by atoms with van der Waals surface area (Å²) in [6, 6.07) is 12.1. The minimum atomic E-state index is -0.565. The van der Waals surface area contributed by atoms with Gasteiger partial charge in [0.2, 0.25) is 5.91 Å². The minimum Gasteiger partial charge on any atom is -0.444 e. The first-order valence-electron chi connectivity index (χ1n) is 10.8. The molecule has 168 valence electrons. The number of hydrogen-bond donors (Lipinski definition) is 1. The average Bonchev–Trinajstić information content (AvgIpc) is 2.85. The summed E-state index contributed by atoms with van der Waals surface area (Å²) in [5, 5.41) is 2.98. The van der Waals surface area contributed by atoms with Crippen LogP contribution in [0.3, 0.4) is 0 Å². The lowest BCUT2D eigenvalue weighted by molar-refractivity contribution is -0.116. The minimum absolute atomic E-state index is 0.0761. The molecule has 32 heavy (non-hydrogen) atoms. The molecule has 2 aromatic carbocycles. The summed E-state index contributed by atoms with van der Waals surface area (Å²) in [4.78, 5) is 28.9. The summed E-state index contributed by atoms with van der Waals surface area (Å²) in [6.45, 7) is 7.07. The molecule has 2 aliphatic rings. The molecule has 1 N–H and O–H groups in total. The Morgan fingerprint density at radius 1 is 1.12 bits per heavy atom. The highest BCUT2D eigenvalue weighted by Crippen LogP contribution is 2.34. The smallest absolute Gasteiger partial charge is 0.410 e. The van der Waals surface area contributed by atoms with Gasteiger partial charge in [0, 0.05) is 26.1 Å². The van der Waals surface area contributed by atoms with Crippen LogP contribution in [0, 0.1) is 5.82 Å². The lowest BCUT2D eigenvalue weighted by Crippen LogP contribution is -2.55. The Kier molecular flexibility index (Phi) is 5.91. The second-order valence-corrected chi connectivity index (χ2v) is 9.19. The zero-order valence-electron chi connectivity index (χ0n) is 18.6. The number of benzene rings is 2. The number of anilines is 2. The monoisotopic (exact) mass is 437 g/mol. The molecule has 0 spiro atoms. The number of carbonyl (C=O) groups is 2. The van der Waals surface area contributed by atoms with Crippen molar-refractivity contribution in [3.63, 3.8) is 0 Å². The van der Waals surface area contributed by atoms with Gasteiger partial charge in [-0.3, -0.25) is 4.79 Å². The van der Waals surface area contributed by atoms with E-state index in [1.807, 2.05) is 57.2 Å². The maximum Gasteiger partial charge on any atom is 0.410 e. The zero-order valence-corrected chi connectivity index (χ0v) is 18.6. The first-order chi connectivity index (χ1) is 15.2. The molecule has 2 heterocycles. The molecule has 0 bridgehead atoms. The molecule has 1 fully saturated rings. The molecule has 0 aliphatic carbocycles. The van der Waals surface area contributed by atoms with Gasteiger partial charge in [0.15, 0.2) is 0 Å². The Hall–Kier alpha value is -3.35. The summed E-state index contributed by atoms with van der Waals surface area (Å²) in [7, 11) is 0. The van der Waals surface area contributed by atoms with E-state index in [9.17, 15) is 14.0 Å². The van der Waals surface area contributed by atoms with E-state index in [0.717, 1.165) is 22.5 Å². The van der Waals surface area contributed by atoms with Gasteiger partial charge in [-0.2, -0.15) is 0 Å². The van der Waals surface area contributed by atoms with Crippen LogP contribution in [-0.4, -0.2) is 48.2 Å². The van der Waals surface area contributed by atoms with E-state index in [2.05, 4.69) is 10.2 Å². The van der Waals surface area contributed by atoms with Gasteiger partial charge in [0.1, 0.15) is 11.4 Å². The van der Waals surface area contributed by atoms with Crippen LogP contribution in [0.1, 0.15) is 38.3 Å². The Morgan fingerprint density at radius 3 is 2.59 bits per heavy atom. The molecular weight excluding hydrogens is 409 g/mol. The maximum atomic E-state index is 13.4. The Labute approximate surface area is 187 Å². The quantitative estimate of drug-likeness (QED) is 0.688. The first kappa shape index (κ1) is 21.9. The summed E-state index contributed by atoms with van der Waals surface area (Å²) in [5.41, 5.74) is 2.83. The van der Waals surface area contributed by atoms with Crippen LogP contribution in [0.5, 0.6) is 0 Å². The van der Waals surface area contributed by atoms with E-state index < -0.39 is 5.60 Å². The highest BCUT2D eigenvalue weighted by atomic mass is 19.1. The van der Waals surface area contributed by atoms with Crippen molar-refractivity contribution < 1.29 is 18.7 Å². The van der Waals surface area contributed by atoms with Crippen LogP contribution < -0.4 is 10.2 Å². The largest absolute Gasteiger partial charge is 0.444 e. The van der Waals surface area contributed by atoms with Crippen molar-refractivity contribution in [2.75, 3.05) is 29.9 Å². The predicted molar refractivity (Wildman–Crippen MR) is 124 cm³/mol. The third kappa shape index (κ3) is 5.10. The van der Waals surface area contributed by atoms with E-state index >= 15 is 0 Å². The van der Waals surface area contributed by atoms with Gasteiger partial charge >= 0.3 is 6.09 Å². The molecule has 2 amide bonds. The molecule has 1 saturated heterocycles. The predicted octanol–water partition coefficient (Wildman–Crippen LogP) is 4.76. The number of fused-ring (bicyclic) bond motifs is 3. The molecule has 1 atom stereocenters. The summed E-state index contributed by atoms with van der Waals surface area (Å²) in [5.74, 6) is -0.352. The fraction of sp³-hybridized carbons (Fsp3) is 0.360. The van der Waals surface area contributed by atoms with Crippen molar-refractivity contribution >= 4 is 35.5 Å². The normalized spacial score (nSPS) is 18.6. The molecule has 1 unspecified atom stereocenters. The zero-order chi connectivity index (χ0) is 22.9. The van der Waals surface area contributed by atoms with Crippen molar-refractivity contribution in [2.24, 2.45) is 0 Å². The number of carbonyl (C=O) groups excluding carboxylic acids is 2. The maximum absolute atomic E-state index is 13.4. The fourth-order valence-corrected chi connectivity index (χ4v) is 4.05. The van der Waals surface area contributed by atoms with Crippen LogP contribution in [0.25, 0.3) is 12.2 Å².